The Morgan fingerprint density at radius 1 is 1.17 bits per heavy atom. The summed E-state index contributed by atoms with van der Waals surface area (Å²) < 4.78 is 16.1. The number of nitrogens with zero attached hydrogens (tertiary/aromatic N) is 2. The van der Waals surface area contributed by atoms with Gasteiger partial charge in [-0.2, -0.15) is 0 Å². The van der Waals surface area contributed by atoms with Crippen molar-refractivity contribution in [1.29, 1.82) is 0 Å². The van der Waals surface area contributed by atoms with Crippen LogP contribution in [0.25, 0.3) is 22.2 Å². The summed E-state index contributed by atoms with van der Waals surface area (Å²) in [6.45, 7) is 2.78. The Labute approximate surface area is 143 Å². The molecule has 0 aliphatic heterocycles. The van der Waals surface area contributed by atoms with Crippen LogP contribution in [0.2, 0.25) is 0 Å². The summed E-state index contributed by atoms with van der Waals surface area (Å²) >= 11 is 1.40. The first kappa shape index (κ1) is 14.9. The lowest BCUT2D eigenvalue weighted by atomic mass is 10.1. The van der Waals surface area contributed by atoms with E-state index in [4.69, 9.17) is 5.73 Å². The highest BCUT2D eigenvalue weighted by Crippen LogP contribution is 2.36. The van der Waals surface area contributed by atoms with Gasteiger partial charge >= 0.3 is 0 Å². The van der Waals surface area contributed by atoms with Crippen LogP contribution in [-0.2, 0) is 6.54 Å². The summed E-state index contributed by atoms with van der Waals surface area (Å²) in [6, 6.07) is 15.2. The molecule has 4 aromatic rings. The monoisotopic (exact) mass is 337 g/mol. The first-order valence-corrected chi connectivity index (χ1v) is 8.55. The van der Waals surface area contributed by atoms with Gasteiger partial charge in [0, 0.05) is 34.1 Å². The van der Waals surface area contributed by atoms with E-state index in [1.807, 2.05) is 36.6 Å². The molecule has 2 aromatic heterocycles. The standard InChI is InChI=1S/C19H16FN3S/c1-12-18(16-11-24-19(21)22-16)15-9-14(20)7-8-17(15)23(12)10-13-5-3-2-4-6-13/h2-9,11H,10H2,1H3,(H2,21,22). The quantitative estimate of drug-likeness (QED) is 0.581. The van der Waals surface area contributed by atoms with E-state index in [2.05, 4.69) is 21.7 Å². The number of hydrogen-bond acceptors (Lipinski definition) is 3. The minimum atomic E-state index is -0.246. The average molecular weight is 337 g/mol. The van der Waals surface area contributed by atoms with E-state index in [0.717, 1.165) is 34.4 Å². The summed E-state index contributed by atoms with van der Waals surface area (Å²) in [5.74, 6) is -0.246. The molecule has 2 heterocycles. The van der Waals surface area contributed by atoms with Crippen LogP contribution in [0.4, 0.5) is 9.52 Å². The van der Waals surface area contributed by atoms with Crippen molar-refractivity contribution < 1.29 is 4.39 Å². The van der Waals surface area contributed by atoms with Crippen molar-refractivity contribution in [2.45, 2.75) is 13.5 Å². The lowest BCUT2D eigenvalue weighted by Crippen LogP contribution is -2.01. The fourth-order valence-electron chi connectivity index (χ4n) is 3.15. The van der Waals surface area contributed by atoms with Crippen molar-refractivity contribution >= 4 is 27.4 Å². The SMILES string of the molecule is Cc1c(-c2csc(N)n2)c2cc(F)ccc2n1Cc1ccccc1. The Hall–Kier alpha value is -2.66. The lowest BCUT2D eigenvalue weighted by Gasteiger charge is -2.09. The van der Waals surface area contributed by atoms with Crippen LogP contribution >= 0.6 is 11.3 Å². The fourth-order valence-corrected chi connectivity index (χ4v) is 3.70. The van der Waals surface area contributed by atoms with E-state index in [9.17, 15) is 4.39 Å². The molecule has 2 N–H and O–H groups in total. The molecule has 0 amide bonds. The predicted octanol–water partition coefficient (Wildman–Crippen LogP) is 4.84. The number of rotatable bonds is 3. The van der Waals surface area contributed by atoms with E-state index in [1.54, 1.807) is 6.07 Å². The number of hydrogen-bond donors (Lipinski definition) is 1. The van der Waals surface area contributed by atoms with Crippen LogP contribution in [0.15, 0.2) is 53.9 Å². The first-order chi connectivity index (χ1) is 11.6. The zero-order valence-corrected chi connectivity index (χ0v) is 14.0. The van der Waals surface area contributed by atoms with E-state index >= 15 is 0 Å². The fraction of sp³-hybridized carbons (Fsp3) is 0.105. The maximum Gasteiger partial charge on any atom is 0.180 e. The number of fused-ring (bicyclic) bond motifs is 1. The lowest BCUT2D eigenvalue weighted by molar-refractivity contribution is 0.629. The van der Waals surface area contributed by atoms with Crippen molar-refractivity contribution in [3.63, 3.8) is 0 Å². The summed E-state index contributed by atoms with van der Waals surface area (Å²) in [4.78, 5) is 4.40. The third-order valence-electron chi connectivity index (χ3n) is 4.25. The molecular formula is C19H16FN3S. The number of nitrogen functional groups attached to an aromatic ring is 1. The largest absolute Gasteiger partial charge is 0.375 e. The summed E-state index contributed by atoms with van der Waals surface area (Å²) in [5.41, 5.74) is 10.8. The van der Waals surface area contributed by atoms with Crippen molar-refractivity contribution in [2.24, 2.45) is 0 Å². The molecule has 0 spiro atoms. The molecule has 0 unspecified atom stereocenters. The zero-order chi connectivity index (χ0) is 16.7. The van der Waals surface area contributed by atoms with Crippen LogP contribution in [0.3, 0.4) is 0 Å². The Morgan fingerprint density at radius 2 is 1.96 bits per heavy atom. The predicted molar refractivity (Wildman–Crippen MR) is 97.7 cm³/mol. The van der Waals surface area contributed by atoms with Crippen molar-refractivity contribution in [3.05, 3.63) is 71.0 Å². The van der Waals surface area contributed by atoms with Gasteiger partial charge in [-0.05, 0) is 30.7 Å². The van der Waals surface area contributed by atoms with Gasteiger partial charge in [-0.25, -0.2) is 9.37 Å². The second kappa shape index (κ2) is 5.76. The van der Waals surface area contributed by atoms with Gasteiger partial charge in [0.2, 0.25) is 0 Å². The number of halogens is 1. The molecule has 5 heteroatoms. The minimum absolute atomic E-state index is 0.246. The molecule has 0 bridgehead atoms. The van der Waals surface area contributed by atoms with Gasteiger partial charge in [-0.15, -0.1) is 11.3 Å². The smallest absolute Gasteiger partial charge is 0.180 e. The van der Waals surface area contributed by atoms with Crippen molar-refractivity contribution in [1.82, 2.24) is 9.55 Å². The average Bonchev–Trinajstić information content (AvgIpc) is 3.10. The summed E-state index contributed by atoms with van der Waals surface area (Å²) in [7, 11) is 0. The topological polar surface area (TPSA) is 43.8 Å². The molecule has 4 rings (SSSR count). The highest BCUT2D eigenvalue weighted by atomic mass is 32.1. The van der Waals surface area contributed by atoms with E-state index < -0.39 is 0 Å². The van der Waals surface area contributed by atoms with Gasteiger partial charge in [0.1, 0.15) is 5.82 Å². The minimum Gasteiger partial charge on any atom is -0.375 e. The zero-order valence-electron chi connectivity index (χ0n) is 13.2. The third-order valence-corrected chi connectivity index (χ3v) is 4.92. The number of nitrogens with two attached hydrogens (primary N) is 1. The van der Waals surface area contributed by atoms with E-state index in [1.165, 1.54) is 23.0 Å². The molecule has 0 saturated heterocycles. The van der Waals surface area contributed by atoms with Crippen LogP contribution in [0, 0.1) is 12.7 Å². The summed E-state index contributed by atoms with van der Waals surface area (Å²) in [6.07, 6.45) is 0. The maximum absolute atomic E-state index is 13.9. The molecule has 3 nitrogen and oxygen atoms in total. The Kier molecular flexibility index (Phi) is 3.58. The molecule has 24 heavy (non-hydrogen) atoms. The van der Waals surface area contributed by atoms with Gasteiger partial charge in [-0.1, -0.05) is 30.3 Å². The maximum atomic E-state index is 13.9. The molecule has 0 saturated carbocycles. The molecule has 120 valence electrons. The van der Waals surface area contributed by atoms with Gasteiger partial charge in [-0.3, -0.25) is 0 Å². The van der Waals surface area contributed by atoms with Gasteiger partial charge in [0.15, 0.2) is 5.13 Å². The van der Waals surface area contributed by atoms with Gasteiger partial charge < -0.3 is 10.3 Å². The first-order valence-electron chi connectivity index (χ1n) is 7.67. The second-order valence-electron chi connectivity index (χ2n) is 5.76. The van der Waals surface area contributed by atoms with Crippen LogP contribution in [-0.4, -0.2) is 9.55 Å². The van der Waals surface area contributed by atoms with Gasteiger partial charge in [0.05, 0.1) is 5.69 Å². The summed E-state index contributed by atoms with van der Waals surface area (Å²) in [5, 5.41) is 3.31. The van der Waals surface area contributed by atoms with Gasteiger partial charge in [0.25, 0.3) is 0 Å². The number of aromatic nitrogens is 2. The van der Waals surface area contributed by atoms with Crippen LogP contribution < -0.4 is 5.73 Å². The second-order valence-corrected chi connectivity index (χ2v) is 6.65. The molecule has 0 aliphatic rings. The highest BCUT2D eigenvalue weighted by molar-refractivity contribution is 7.13. The van der Waals surface area contributed by atoms with Crippen LogP contribution in [0.1, 0.15) is 11.3 Å². The van der Waals surface area contributed by atoms with Crippen molar-refractivity contribution in [2.75, 3.05) is 5.73 Å². The third kappa shape index (κ3) is 2.47. The number of anilines is 1. The normalized spacial score (nSPS) is 11.2. The Morgan fingerprint density at radius 3 is 2.67 bits per heavy atom. The highest BCUT2D eigenvalue weighted by Gasteiger charge is 2.18. The molecular weight excluding hydrogens is 321 g/mol. The number of benzene rings is 2. The van der Waals surface area contributed by atoms with E-state index in [-0.39, 0.29) is 5.82 Å². The Bertz CT molecular complexity index is 1020. The van der Waals surface area contributed by atoms with Crippen molar-refractivity contribution in [3.8, 4) is 11.3 Å². The Balaban J connectivity index is 1.96. The number of thiazole rings is 1. The molecule has 2 aromatic carbocycles. The molecule has 0 atom stereocenters. The van der Waals surface area contributed by atoms with E-state index in [0.29, 0.717) is 5.13 Å². The molecule has 0 radical (unpaired) electrons. The van der Waals surface area contributed by atoms with Crippen LogP contribution in [0.5, 0.6) is 0 Å². The molecule has 0 fully saturated rings. The molecule has 0 aliphatic carbocycles.